The molecule has 0 aliphatic carbocycles. The summed E-state index contributed by atoms with van der Waals surface area (Å²) in [7, 11) is 1.31. The van der Waals surface area contributed by atoms with Crippen LogP contribution < -0.4 is 10.6 Å². The topological polar surface area (TPSA) is 91.0 Å². The molecule has 0 aromatic carbocycles. The normalized spacial score (nSPS) is 22.4. The molecule has 0 aromatic heterocycles. The Morgan fingerprint density at radius 2 is 1.83 bits per heavy atom. The van der Waals surface area contributed by atoms with E-state index >= 15 is 0 Å². The van der Waals surface area contributed by atoms with E-state index in [2.05, 4.69) is 10.6 Å². The molecule has 136 valence electrons. The highest BCUT2D eigenvalue weighted by atomic mass is 16.5. The van der Waals surface area contributed by atoms with E-state index in [-0.39, 0.29) is 30.4 Å². The van der Waals surface area contributed by atoms with E-state index in [1.54, 1.807) is 9.80 Å². The van der Waals surface area contributed by atoms with Crippen molar-refractivity contribution in [1.29, 1.82) is 0 Å². The van der Waals surface area contributed by atoms with Gasteiger partial charge in [0.1, 0.15) is 6.04 Å². The number of amides is 3. The molecule has 2 fully saturated rings. The van der Waals surface area contributed by atoms with Crippen LogP contribution in [0.15, 0.2) is 0 Å². The van der Waals surface area contributed by atoms with Gasteiger partial charge < -0.3 is 25.2 Å². The Morgan fingerprint density at radius 1 is 1.17 bits per heavy atom. The molecule has 2 saturated heterocycles. The Hall–Kier alpha value is -1.83. The number of piperidine rings is 1. The zero-order valence-corrected chi connectivity index (χ0v) is 14.7. The summed E-state index contributed by atoms with van der Waals surface area (Å²) in [5.74, 6) is -0.537. The number of esters is 1. The zero-order chi connectivity index (χ0) is 17.7. The van der Waals surface area contributed by atoms with Crippen molar-refractivity contribution in [2.24, 2.45) is 5.92 Å². The molecule has 2 aliphatic rings. The maximum absolute atomic E-state index is 12.8. The summed E-state index contributed by atoms with van der Waals surface area (Å²) in [5.41, 5.74) is 0. The predicted octanol–water partition coefficient (Wildman–Crippen LogP) is -0.210. The Bertz CT molecular complexity index is 477. The van der Waals surface area contributed by atoms with Gasteiger partial charge in [0.05, 0.1) is 13.7 Å². The van der Waals surface area contributed by atoms with Crippen LogP contribution in [0.3, 0.4) is 0 Å². The fourth-order valence-corrected chi connectivity index (χ4v) is 3.21. The summed E-state index contributed by atoms with van der Waals surface area (Å²) in [6.45, 7) is 6.34. The van der Waals surface area contributed by atoms with E-state index in [4.69, 9.17) is 4.74 Å². The summed E-state index contributed by atoms with van der Waals surface area (Å²) < 4.78 is 4.86. The van der Waals surface area contributed by atoms with Crippen molar-refractivity contribution < 1.29 is 19.1 Å². The molecule has 8 nitrogen and oxygen atoms in total. The van der Waals surface area contributed by atoms with Gasteiger partial charge in [-0.05, 0) is 39.8 Å². The molecule has 0 aromatic rings. The molecule has 0 spiro atoms. The fourth-order valence-electron chi connectivity index (χ4n) is 3.21. The number of nitrogens with one attached hydrogen (secondary N) is 2. The standard InChI is InChI=1S/C16H28N4O4/c1-11(2)18-16(23)19-8-9-20(13(10-19)15(22)24-3)14(21)12-4-6-17-7-5-12/h11-13,17H,4-10H2,1-3H3,(H,18,23)/t13-/m1/s1. The molecule has 2 heterocycles. The van der Waals surface area contributed by atoms with Gasteiger partial charge in [-0.2, -0.15) is 0 Å². The molecular formula is C16H28N4O4. The molecule has 2 N–H and O–H groups in total. The van der Waals surface area contributed by atoms with Gasteiger partial charge >= 0.3 is 12.0 Å². The highest BCUT2D eigenvalue weighted by Gasteiger charge is 2.40. The van der Waals surface area contributed by atoms with Crippen molar-refractivity contribution in [2.75, 3.05) is 39.8 Å². The highest BCUT2D eigenvalue weighted by molar-refractivity contribution is 5.87. The van der Waals surface area contributed by atoms with Gasteiger partial charge in [-0.25, -0.2) is 9.59 Å². The van der Waals surface area contributed by atoms with E-state index in [9.17, 15) is 14.4 Å². The lowest BCUT2D eigenvalue weighted by atomic mass is 9.95. The summed E-state index contributed by atoms with van der Waals surface area (Å²) >= 11 is 0. The Labute approximate surface area is 142 Å². The van der Waals surface area contributed by atoms with E-state index in [0.717, 1.165) is 25.9 Å². The van der Waals surface area contributed by atoms with Gasteiger partial charge in [-0.3, -0.25) is 4.79 Å². The third-order valence-electron chi connectivity index (χ3n) is 4.52. The summed E-state index contributed by atoms with van der Waals surface area (Å²) in [6, 6.07) is -0.930. The number of ether oxygens (including phenoxy) is 1. The average Bonchev–Trinajstić information content (AvgIpc) is 2.60. The Morgan fingerprint density at radius 3 is 2.42 bits per heavy atom. The first-order valence-electron chi connectivity index (χ1n) is 8.58. The lowest BCUT2D eigenvalue weighted by Gasteiger charge is -2.41. The third-order valence-corrected chi connectivity index (χ3v) is 4.52. The van der Waals surface area contributed by atoms with Crippen LogP contribution >= 0.6 is 0 Å². The van der Waals surface area contributed by atoms with E-state index < -0.39 is 12.0 Å². The van der Waals surface area contributed by atoms with Gasteiger partial charge in [-0.1, -0.05) is 0 Å². The lowest BCUT2D eigenvalue weighted by Crippen LogP contribution is -2.62. The average molecular weight is 340 g/mol. The van der Waals surface area contributed by atoms with E-state index in [0.29, 0.717) is 13.1 Å². The van der Waals surface area contributed by atoms with E-state index in [1.807, 2.05) is 13.8 Å². The van der Waals surface area contributed by atoms with Crippen LogP contribution in [0.5, 0.6) is 0 Å². The number of nitrogens with zero attached hydrogens (tertiary/aromatic N) is 2. The third kappa shape index (κ3) is 4.37. The largest absolute Gasteiger partial charge is 0.467 e. The number of methoxy groups -OCH3 is 1. The molecule has 3 amide bonds. The number of hydrogen-bond acceptors (Lipinski definition) is 5. The maximum atomic E-state index is 12.8. The second-order valence-corrected chi connectivity index (χ2v) is 6.65. The first-order chi connectivity index (χ1) is 11.4. The smallest absolute Gasteiger partial charge is 0.330 e. The number of rotatable bonds is 3. The van der Waals surface area contributed by atoms with Crippen molar-refractivity contribution in [3.05, 3.63) is 0 Å². The van der Waals surface area contributed by atoms with Crippen LogP contribution in [0.4, 0.5) is 4.79 Å². The van der Waals surface area contributed by atoms with Gasteiger partial charge in [0.25, 0.3) is 0 Å². The molecule has 8 heteroatoms. The molecular weight excluding hydrogens is 312 g/mol. The van der Waals surface area contributed by atoms with Crippen LogP contribution in [0, 0.1) is 5.92 Å². The maximum Gasteiger partial charge on any atom is 0.330 e. The molecule has 0 bridgehead atoms. The molecule has 2 rings (SSSR count). The second-order valence-electron chi connectivity index (χ2n) is 6.65. The van der Waals surface area contributed by atoms with Crippen LogP contribution in [0.2, 0.25) is 0 Å². The number of piperazine rings is 1. The van der Waals surface area contributed by atoms with Crippen molar-refractivity contribution in [2.45, 2.75) is 38.8 Å². The van der Waals surface area contributed by atoms with Gasteiger partial charge in [0, 0.05) is 25.0 Å². The fraction of sp³-hybridized carbons (Fsp3) is 0.812. The van der Waals surface area contributed by atoms with Gasteiger partial charge in [-0.15, -0.1) is 0 Å². The molecule has 0 radical (unpaired) electrons. The SMILES string of the molecule is COC(=O)[C@H]1CN(C(=O)NC(C)C)CCN1C(=O)C1CCNCC1. The minimum Gasteiger partial charge on any atom is -0.467 e. The Balaban J connectivity index is 2.07. The quantitative estimate of drug-likeness (QED) is 0.694. The van der Waals surface area contributed by atoms with Crippen molar-refractivity contribution >= 4 is 17.9 Å². The van der Waals surface area contributed by atoms with Gasteiger partial charge in [0.15, 0.2) is 0 Å². The minimum absolute atomic E-state index is 0.00387. The number of urea groups is 1. The van der Waals surface area contributed by atoms with Gasteiger partial charge in [0.2, 0.25) is 5.91 Å². The zero-order valence-electron chi connectivity index (χ0n) is 14.7. The second kappa shape index (κ2) is 8.32. The monoisotopic (exact) mass is 340 g/mol. The highest BCUT2D eigenvalue weighted by Crippen LogP contribution is 2.20. The summed E-state index contributed by atoms with van der Waals surface area (Å²) in [4.78, 5) is 40.3. The van der Waals surface area contributed by atoms with Crippen LogP contribution in [-0.4, -0.2) is 79.6 Å². The van der Waals surface area contributed by atoms with Crippen molar-refractivity contribution in [1.82, 2.24) is 20.4 Å². The lowest BCUT2D eigenvalue weighted by molar-refractivity contribution is -0.157. The number of carbonyl (C=O) groups is 3. The number of hydrogen-bond donors (Lipinski definition) is 2. The number of carbonyl (C=O) groups excluding carboxylic acids is 3. The summed E-state index contributed by atoms with van der Waals surface area (Å²) in [6.07, 6.45) is 1.56. The summed E-state index contributed by atoms with van der Waals surface area (Å²) in [5, 5.41) is 6.05. The first-order valence-corrected chi connectivity index (χ1v) is 8.58. The molecule has 24 heavy (non-hydrogen) atoms. The molecule has 1 atom stereocenters. The van der Waals surface area contributed by atoms with Crippen LogP contribution in [-0.2, 0) is 14.3 Å². The molecule has 0 saturated carbocycles. The first kappa shape index (κ1) is 18.5. The van der Waals surface area contributed by atoms with Crippen molar-refractivity contribution in [3.8, 4) is 0 Å². The molecule has 0 unspecified atom stereocenters. The minimum atomic E-state index is -0.732. The Kier molecular flexibility index (Phi) is 6.42. The predicted molar refractivity (Wildman–Crippen MR) is 88.4 cm³/mol. The van der Waals surface area contributed by atoms with Crippen LogP contribution in [0.25, 0.3) is 0 Å². The van der Waals surface area contributed by atoms with E-state index in [1.165, 1.54) is 7.11 Å². The van der Waals surface area contributed by atoms with Crippen LogP contribution in [0.1, 0.15) is 26.7 Å². The molecule has 2 aliphatic heterocycles. The van der Waals surface area contributed by atoms with Crippen molar-refractivity contribution in [3.63, 3.8) is 0 Å².